The summed E-state index contributed by atoms with van der Waals surface area (Å²) >= 11 is 0. The van der Waals surface area contributed by atoms with Gasteiger partial charge >= 0.3 is 0 Å². The van der Waals surface area contributed by atoms with Crippen molar-refractivity contribution in [1.82, 2.24) is 4.72 Å². The molecule has 0 aliphatic heterocycles. The van der Waals surface area contributed by atoms with Crippen molar-refractivity contribution in [3.63, 3.8) is 0 Å². The van der Waals surface area contributed by atoms with E-state index < -0.39 is 10.0 Å². The molecular formula is C16H22N2O2S. The molecule has 3 N–H and O–H groups in total. The van der Waals surface area contributed by atoms with Gasteiger partial charge in [0.25, 0.3) is 0 Å². The number of nitrogens with two attached hydrogens (primary N) is 1. The zero-order valence-corrected chi connectivity index (χ0v) is 13.3. The lowest BCUT2D eigenvalue weighted by Gasteiger charge is -2.17. The molecule has 4 nitrogen and oxygen atoms in total. The molecule has 0 amide bonds. The highest BCUT2D eigenvalue weighted by molar-refractivity contribution is 7.89. The van der Waals surface area contributed by atoms with Crippen molar-refractivity contribution < 1.29 is 8.42 Å². The SMILES string of the molecule is Cc1cc(S(=O)(=O)NC2CCCC2C)ccc1C#CCN. The minimum Gasteiger partial charge on any atom is -0.320 e. The first-order valence-corrected chi connectivity index (χ1v) is 8.74. The van der Waals surface area contributed by atoms with Crippen LogP contribution in [0.1, 0.15) is 37.3 Å². The Balaban J connectivity index is 2.22. The van der Waals surface area contributed by atoms with Crippen LogP contribution in [0.2, 0.25) is 0 Å². The zero-order chi connectivity index (χ0) is 15.5. The Morgan fingerprint density at radius 2 is 2.14 bits per heavy atom. The highest BCUT2D eigenvalue weighted by Crippen LogP contribution is 2.26. The Kier molecular flexibility index (Phi) is 5.04. The maximum absolute atomic E-state index is 12.4. The molecule has 5 heteroatoms. The monoisotopic (exact) mass is 306 g/mol. The van der Waals surface area contributed by atoms with E-state index in [9.17, 15) is 8.42 Å². The van der Waals surface area contributed by atoms with Gasteiger partial charge in [-0.25, -0.2) is 13.1 Å². The van der Waals surface area contributed by atoms with Crippen LogP contribution in [0.3, 0.4) is 0 Å². The summed E-state index contributed by atoms with van der Waals surface area (Å²) in [5.74, 6) is 6.12. The molecule has 0 aromatic heterocycles. The van der Waals surface area contributed by atoms with Gasteiger partial charge < -0.3 is 5.73 Å². The van der Waals surface area contributed by atoms with E-state index in [1.165, 1.54) is 0 Å². The van der Waals surface area contributed by atoms with Crippen LogP contribution in [0.15, 0.2) is 23.1 Å². The molecule has 1 aliphatic carbocycles. The van der Waals surface area contributed by atoms with E-state index in [1.807, 2.05) is 6.92 Å². The molecule has 1 aromatic rings. The second-order valence-electron chi connectivity index (χ2n) is 5.62. The van der Waals surface area contributed by atoms with E-state index in [1.54, 1.807) is 18.2 Å². The molecule has 1 saturated carbocycles. The molecular weight excluding hydrogens is 284 g/mol. The lowest BCUT2D eigenvalue weighted by molar-refractivity contribution is 0.476. The molecule has 2 rings (SSSR count). The summed E-state index contributed by atoms with van der Waals surface area (Å²) in [5, 5.41) is 0. The van der Waals surface area contributed by atoms with Gasteiger partial charge in [-0.15, -0.1) is 0 Å². The van der Waals surface area contributed by atoms with E-state index in [2.05, 4.69) is 23.5 Å². The maximum atomic E-state index is 12.4. The van der Waals surface area contributed by atoms with Crippen LogP contribution in [0, 0.1) is 24.7 Å². The van der Waals surface area contributed by atoms with E-state index in [-0.39, 0.29) is 6.04 Å². The molecule has 0 radical (unpaired) electrons. The molecule has 0 spiro atoms. The van der Waals surface area contributed by atoms with Crippen molar-refractivity contribution in [2.75, 3.05) is 6.54 Å². The molecule has 1 aliphatic rings. The van der Waals surface area contributed by atoms with Gasteiger partial charge in [0, 0.05) is 11.6 Å². The molecule has 2 atom stereocenters. The smallest absolute Gasteiger partial charge is 0.240 e. The van der Waals surface area contributed by atoms with Gasteiger partial charge in [-0.2, -0.15) is 0 Å². The largest absolute Gasteiger partial charge is 0.320 e. The highest BCUT2D eigenvalue weighted by atomic mass is 32.2. The van der Waals surface area contributed by atoms with Gasteiger partial charge in [-0.3, -0.25) is 0 Å². The van der Waals surface area contributed by atoms with Crippen LogP contribution in [-0.2, 0) is 10.0 Å². The summed E-state index contributed by atoms with van der Waals surface area (Å²) in [5.41, 5.74) is 7.01. The van der Waals surface area contributed by atoms with Crippen LogP contribution >= 0.6 is 0 Å². The normalized spacial score (nSPS) is 21.9. The Morgan fingerprint density at radius 3 is 2.71 bits per heavy atom. The third-order valence-corrected chi connectivity index (χ3v) is 5.49. The second kappa shape index (κ2) is 6.61. The Hall–Kier alpha value is -1.35. The Morgan fingerprint density at radius 1 is 1.38 bits per heavy atom. The molecule has 0 bridgehead atoms. The van der Waals surface area contributed by atoms with Crippen molar-refractivity contribution in [2.45, 2.75) is 44.0 Å². The second-order valence-corrected chi connectivity index (χ2v) is 7.33. The number of benzene rings is 1. The number of rotatable bonds is 3. The molecule has 0 heterocycles. The fourth-order valence-electron chi connectivity index (χ4n) is 2.68. The summed E-state index contributed by atoms with van der Waals surface area (Å²) in [6.45, 7) is 4.25. The summed E-state index contributed by atoms with van der Waals surface area (Å²) in [6.07, 6.45) is 3.08. The van der Waals surface area contributed by atoms with Crippen molar-refractivity contribution in [3.8, 4) is 11.8 Å². The van der Waals surface area contributed by atoms with E-state index >= 15 is 0 Å². The molecule has 0 saturated heterocycles. The van der Waals surface area contributed by atoms with Crippen molar-refractivity contribution in [2.24, 2.45) is 11.7 Å². The average Bonchev–Trinajstić information content (AvgIpc) is 2.82. The molecule has 114 valence electrons. The Labute approximate surface area is 127 Å². The first-order valence-electron chi connectivity index (χ1n) is 7.26. The minimum absolute atomic E-state index is 0.0482. The van der Waals surface area contributed by atoms with Gasteiger partial charge in [-0.1, -0.05) is 25.2 Å². The van der Waals surface area contributed by atoms with Crippen molar-refractivity contribution in [1.29, 1.82) is 0 Å². The molecule has 21 heavy (non-hydrogen) atoms. The summed E-state index contributed by atoms with van der Waals surface area (Å²) < 4.78 is 27.7. The van der Waals surface area contributed by atoms with Gasteiger partial charge in [0.05, 0.1) is 11.4 Å². The molecule has 2 unspecified atom stereocenters. The number of hydrogen-bond donors (Lipinski definition) is 2. The van der Waals surface area contributed by atoms with Crippen LogP contribution < -0.4 is 10.5 Å². The van der Waals surface area contributed by atoms with Gasteiger partial charge in [0.15, 0.2) is 0 Å². The summed E-state index contributed by atoms with van der Waals surface area (Å²) in [4.78, 5) is 0.303. The quantitative estimate of drug-likeness (QED) is 0.836. The standard InChI is InChI=1S/C16H22N2O2S/c1-12-5-3-7-16(12)18-21(19,20)15-9-8-14(6-4-10-17)13(2)11-15/h8-9,11-12,16,18H,3,5,7,10,17H2,1-2H3. The topological polar surface area (TPSA) is 72.2 Å². The third-order valence-electron chi connectivity index (χ3n) is 4.00. The van der Waals surface area contributed by atoms with Crippen molar-refractivity contribution in [3.05, 3.63) is 29.3 Å². The maximum Gasteiger partial charge on any atom is 0.240 e. The first-order chi connectivity index (χ1) is 9.94. The lowest BCUT2D eigenvalue weighted by Crippen LogP contribution is -2.36. The van der Waals surface area contributed by atoms with Crippen molar-refractivity contribution >= 4 is 10.0 Å². The summed E-state index contributed by atoms with van der Waals surface area (Å²) in [6, 6.07) is 5.06. The van der Waals surface area contributed by atoms with Gasteiger partial charge in [0.2, 0.25) is 10.0 Å². The lowest BCUT2D eigenvalue weighted by atomic mass is 10.1. The van der Waals surface area contributed by atoms with Crippen LogP contribution in [0.4, 0.5) is 0 Å². The van der Waals surface area contributed by atoms with E-state index in [4.69, 9.17) is 5.73 Å². The molecule has 1 fully saturated rings. The van der Waals surface area contributed by atoms with Gasteiger partial charge in [-0.05, 0) is 49.4 Å². The predicted octanol–water partition coefficient (Wildman–Crippen LogP) is 1.77. The number of nitrogens with one attached hydrogen (secondary N) is 1. The Bertz CT molecular complexity index is 671. The fourth-order valence-corrected chi connectivity index (χ4v) is 4.14. The van der Waals surface area contributed by atoms with E-state index in [0.29, 0.717) is 17.4 Å². The van der Waals surface area contributed by atoms with Crippen LogP contribution in [0.5, 0.6) is 0 Å². The van der Waals surface area contributed by atoms with Crippen LogP contribution in [-0.4, -0.2) is 21.0 Å². The average molecular weight is 306 g/mol. The number of aryl methyl sites for hydroxylation is 1. The summed E-state index contributed by atoms with van der Waals surface area (Å²) in [7, 11) is -3.46. The van der Waals surface area contributed by atoms with E-state index in [0.717, 1.165) is 30.4 Å². The first kappa shape index (κ1) is 16.0. The third kappa shape index (κ3) is 3.85. The van der Waals surface area contributed by atoms with Crippen LogP contribution in [0.25, 0.3) is 0 Å². The highest BCUT2D eigenvalue weighted by Gasteiger charge is 2.28. The number of sulfonamides is 1. The number of hydrogen-bond acceptors (Lipinski definition) is 3. The fraction of sp³-hybridized carbons (Fsp3) is 0.500. The predicted molar refractivity (Wildman–Crippen MR) is 84.2 cm³/mol. The molecule has 1 aromatic carbocycles. The van der Waals surface area contributed by atoms with Gasteiger partial charge in [0.1, 0.15) is 0 Å². The minimum atomic E-state index is -3.46. The zero-order valence-electron chi connectivity index (χ0n) is 12.5.